The summed E-state index contributed by atoms with van der Waals surface area (Å²) in [5, 5.41) is 3.81. The molecule has 8 nitrogen and oxygen atoms in total. The van der Waals surface area contributed by atoms with E-state index < -0.39 is 17.9 Å². The van der Waals surface area contributed by atoms with Gasteiger partial charge in [-0.15, -0.1) is 0 Å². The molecule has 0 bridgehead atoms. The minimum absolute atomic E-state index is 0.0302. The monoisotopic (exact) mass is 505 g/mol. The molecular formula is C24H26ClF2N5O3. The fourth-order valence-corrected chi connectivity index (χ4v) is 4.45. The third-order valence-corrected chi connectivity index (χ3v) is 6.40. The van der Waals surface area contributed by atoms with Crippen LogP contribution in [0.15, 0.2) is 29.1 Å². The summed E-state index contributed by atoms with van der Waals surface area (Å²) in [4.78, 5) is 36.1. The topological polar surface area (TPSA) is 89.3 Å². The zero-order valence-corrected chi connectivity index (χ0v) is 20.6. The first kappa shape index (κ1) is 24.8. The molecule has 1 aromatic carbocycles. The van der Waals surface area contributed by atoms with Crippen molar-refractivity contribution in [1.29, 1.82) is 0 Å². The number of piperidine rings is 1. The summed E-state index contributed by atoms with van der Waals surface area (Å²) in [6, 6.07) is 6.44. The first-order valence-corrected chi connectivity index (χ1v) is 11.5. The molecule has 0 amide bonds. The molecule has 1 fully saturated rings. The highest BCUT2D eigenvalue weighted by Gasteiger charge is 2.35. The van der Waals surface area contributed by atoms with Gasteiger partial charge in [0.2, 0.25) is 5.95 Å². The largest absolute Gasteiger partial charge is 0.464 e. The zero-order valence-electron chi connectivity index (χ0n) is 19.9. The van der Waals surface area contributed by atoms with Crippen LogP contribution in [-0.2, 0) is 11.8 Å². The summed E-state index contributed by atoms with van der Waals surface area (Å²) < 4.78 is 33.7. The van der Waals surface area contributed by atoms with Crippen LogP contribution >= 0.6 is 11.6 Å². The van der Waals surface area contributed by atoms with Gasteiger partial charge in [-0.2, -0.15) is 0 Å². The SMILES string of the molecule is COC(=O)c1nc(Cl)ccc1N[C@H](C)c1cc(C)cc2c(=O)n(C)c(N3CCC(F)(F)CC3)nc12. The van der Waals surface area contributed by atoms with Crippen molar-refractivity contribution in [2.45, 2.75) is 38.7 Å². The van der Waals surface area contributed by atoms with Crippen molar-refractivity contribution < 1.29 is 18.3 Å². The maximum atomic E-state index is 13.7. The normalized spacial score (nSPS) is 16.3. The van der Waals surface area contributed by atoms with E-state index in [0.717, 1.165) is 5.56 Å². The molecule has 186 valence electrons. The number of benzene rings is 1. The molecule has 1 atom stereocenters. The molecule has 3 aromatic rings. The summed E-state index contributed by atoms with van der Waals surface area (Å²) >= 11 is 5.97. The van der Waals surface area contributed by atoms with E-state index in [9.17, 15) is 18.4 Å². The highest BCUT2D eigenvalue weighted by atomic mass is 35.5. The van der Waals surface area contributed by atoms with Gasteiger partial charge in [0.15, 0.2) is 5.69 Å². The minimum atomic E-state index is -2.71. The van der Waals surface area contributed by atoms with Crippen LogP contribution in [0.25, 0.3) is 10.9 Å². The molecule has 0 unspecified atom stereocenters. The maximum absolute atomic E-state index is 13.7. The lowest BCUT2D eigenvalue weighted by Crippen LogP contribution is -2.42. The number of carbonyl (C=O) groups excluding carboxylic acids is 1. The number of carbonyl (C=O) groups is 1. The Balaban J connectivity index is 1.79. The van der Waals surface area contributed by atoms with Gasteiger partial charge in [0.1, 0.15) is 5.15 Å². The van der Waals surface area contributed by atoms with Gasteiger partial charge in [-0.25, -0.2) is 23.5 Å². The fourth-order valence-electron chi connectivity index (χ4n) is 4.30. The van der Waals surface area contributed by atoms with Crippen LogP contribution in [0.1, 0.15) is 47.4 Å². The second-order valence-electron chi connectivity index (χ2n) is 8.76. The quantitative estimate of drug-likeness (QED) is 0.404. The number of alkyl halides is 2. The van der Waals surface area contributed by atoms with E-state index in [1.165, 1.54) is 11.7 Å². The number of aromatic nitrogens is 3. The predicted octanol–water partition coefficient (Wildman–Crippen LogP) is 4.49. The van der Waals surface area contributed by atoms with Crippen molar-refractivity contribution in [2.24, 2.45) is 7.05 Å². The van der Waals surface area contributed by atoms with Crippen molar-refractivity contribution in [3.63, 3.8) is 0 Å². The number of halogens is 3. The van der Waals surface area contributed by atoms with E-state index in [1.54, 1.807) is 30.1 Å². The lowest BCUT2D eigenvalue weighted by atomic mass is 10.0. The Morgan fingerprint density at radius 3 is 2.57 bits per heavy atom. The van der Waals surface area contributed by atoms with Gasteiger partial charge in [0, 0.05) is 38.5 Å². The third kappa shape index (κ3) is 4.93. The number of esters is 1. The van der Waals surface area contributed by atoms with E-state index in [4.69, 9.17) is 21.3 Å². The number of rotatable bonds is 5. The Labute approximate surface area is 205 Å². The summed E-state index contributed by atoms with van der Waals surface area (Å²) in [6.45, 7) is 3.95. The van der Waals surface area contributed by atoms with Gasteiger partial charge in [0.25, 0.3) is 11.5 Å². The summed E-state index contributed by atoms with van der Waals surface area (Å²) in [6.07, 6.45) is -0.584. The van der Waals surface area contributed by atoms with E-state index in [2.05, 4.69) is 10.3 Å². The highest BCUT2D eigenvalue weighted by Crippen LogP contribution is 2.32. The lowest BCUT2D eigenvalue weighted by Gasteiger charge is -2.33. The van der Waals surface area contributed by atoms with E-state index in [-0.39, 0.29) is 42.3 Å². The second kappa shape index (κ2) is 9.41. The molecule has 0 aliphatic carbocycles. The number of anilines is 2. The summed E-state index contributed by atoms with van der Waals surface area (Å²) in [5.74, 6) is -3.01. The Hall–Kier alpha value is -3.27. The van der Waals surface area contributed by atoms with E-state index >= 15 is 0 Å². The van der Waals surface area contributed by atoms with Crippen molar-refractivity contribution >= 4 is 40.1 Å². The average molecular weight is 506 g/mol. The van der Waals surface area contributed by atoms with Gasteiger partial charge < -0.3 is 15.0 Å². The number of pyridine rings is 1. The maximum Gasteiger partial charge on any atom is 0.358 e. The molecule has 4 rings (SSSR count). The first-order valence-electron chi connectivity index (χ1n) is 11.2. The van der Waals surface area contributed by atoms with Crippen LogP contribution in [0.5, 0.6) is 0 Å². The van der Waals surface area contributed by atoms with Crippen LogP contribution in [0.2, 0.25) is 5.15 Å². The predicted molar refractivity (Wildman–Crippen MR) is 131 cm³/mol. The van der Waals surface area contributed by atoms with Crippen molar-refractivity contribution in [3.05, 3.63) is 56.6 Å². The Bertz CT molecular complexity index is 1350. The van der Waals surface area contributed by atoms with Crippen LogP contribution in [0.3, 0.4) is 0 Å². The average Bonchev–Trinajstić information content (AvgIpc) is 2.82. The number of fused-ring (bicyclic) bond motifs is 1. The molecule has 0 spiro atoms. The molecular weight excluding hydrogens is 480 g/mol. The molecule has 1 aliphatic rings. The molecule has 0 saturated carbocycles. The first-order chi connectivity index (χ1) is 16.5. The van der Waals surface area contributed by atoms with Crippen molar-refractivity contribution in [2.75, 3.05) is 30.4 Å². The zero-order chi connectivity index (χ0) is 25.5. The molecule has 1 aliphatic heterocycles. The standard InChI is InChI=1S/C24H26ClF2N5O3/c1-13-11-15(14(2)28-17-5-6-18(25)29-20(17)22(34)35-4)19-16(12-13)21(33)31(3)23(30-19)32-9-7-24(26,27)8-10-32/h5-6,11-12,14,28H,7-10H2,1-4H3/t14-/m1/s1. The smallest absolute Gasteiger partial charge is 0.358 e. The van der Waals surface area contributed by atoms with Gasteiger partial charge >= 0.3 is 5.97 Å². The summed E-state index contributed by atoms with van der Waals surface area (Å²) in [7, 11) is 2.85. The fraction of sp³-hybridized carbons (Fsp3) is 0.417. The number of nitrogens with zero attached hydrogens (tertiary/aromatic N) is 4. The molecule has 11 heteroatoms. The van der Waals surface area contributed by atoms with Gasteiger partial charge in [-0.05, 0) is 37.6 Å². The van der Waals surface area contributed by atoms with Crippen LogP contribution in [0.4, 0.5) is 20.4 Å². The number of hydrogen-bond acceptors (Lipinski definition) is 7. The van der Waals surface area contributed by atoms with E-state index in [0.29, 0.717) is 28.1 Å². The Kier molecular flexibility index (Phi) is 6.68. The van der Waals surface area contributed by atoms with Crippen molar-refractivity contribution in [1.82, 2.24) is 14.5 Å². The number of methoxy groups -OCH3 is 1. The Morgan fingerprint density at radius 1 is 1.23 bits per heavy atom. The number of aryl methyl sites for hydroxylation is 1. The molecule has 1 N–H and O–H groups in total. The number of ether oxygens (including phenoxy) is 1. The Morgan fingerprint density at radius 2 is 1.91 bits per heavy atom. The molecule has 3 heterocycles. The highest BCUT2D eigenvalue weighted by molar-refractivity contribution is 6.29. The van der Waals surface area contributed by atoms with Crippen LogP contribution in [-0.4, -0.2) is 46.6 Å². The van der Waals surface area contributed by atoms with Crippen molar-refractivity contribution in [3.8, 4) is 0 Å². The third-order valence-electron chi connectivity index (χ3n) is 6.19. The van der Waals surface area contributed by atoms with E-state index in [1.807, 2.05) is 19.9 Å². The molecule has 1 saturated heterocycles. The van der Waals surface area contributed by atoms with Crippen LogP contribution in [0, 0.1) is 6.92 Å². The minimum Gasteiger partial charge on any atom is -0.464 e. The number of nitrogens with one attached hydrogen (secondary N) is 1. The molecule has 35 heavy (non-hydrogen) atoms. The van der Waals surface area contributed by atoms with Gasteiger partial charge in [-0.1, -0.05) is 17.7 Å². The van der Waals surface area contributed by atoms with Crippen LogP contribution < -0.4 is 15.8 Å². The second-order valence-corrected chi connectivity index (χ2v) is 9.14. The van der Waals surface area contributed by atoms with Gasteiger partial charge in [-0.3, -0.25) is 9.36 Å². The van der Waals surface area contributed by atoms with Gasteiger partial charge in [0.05, 0.1) is 29.7 Å². The lowest BCUT2D eigenvalue weighted by molar-refractivity contribution is -0.0223. The number of hydrogen-bond donors (Lipinski definition) is 1. The molecule has 2 aromatic heterocycles. The molecule has 0 radical (unpaired) electrons. The summed E-state index contributed by atoms with van der Waals surface area (Å²) in [5.41, 5.74) is 2.21.